The summed E-state index contributed by atoms with van der Waals surface area (Å²) < 4.78 is 0. The van der Waals surface area contributed by atoms with E-state index < -0.39 is 0 Å². The summed E-state index contributed by atoms with van der Waals surface area (Å²) in [6.45, 7) is 4.23. The zero-order valence-corrected chi connectivity index (χ0v) is 12.0. The third-order valence-electron chi connectivity index (χ3n) is 3.49. The van der Waals surface area contributed by atoms with Crippen LogP contribution in [0.5, 0.6) is 0 Å². The number of halogens is 1. The van der Waals surface area contributed by atoms with Gasteiger partial charge in [0.05, 0.1) is 0 Å². The third kappa shape index (κ3) is 3.57. The molecular formula is C16H19ClN2. The SMILES string of the molecule is Cc1ccc(C(Cc2ccc(Cl)cc2)NN)cc1C. The molecule has 0 heterocycles. The quantitative estimate of drug-likeness (QED) is 0.659. The summed E-state index contributed by atoms with van der Waals surface area (Å²) in [6, 6.07) is 14.5. The van der Waals surface area contributed by atoms with Crippen LogP contribution in [0.15, 0.2) is 42.5 Å². The second kappa shape index (κ2) is 6.20. The second-order valence-electron chi connectivity index (χ2n) is 4.89. The molecule has 0 aliphatic carbocycles. The molecule has 3 heteroatoms. The van der Waals surface area contributed by atoms with E-state index in [1.165, 1.54) is 22.3 Å². The first-order valence-corrected chi connectivity index (χ1v) is 6.75. The summed E-state index contributed by atoms with van der Waals surface area (Å²) in [4.78, 5) is 0. The molecule has 0 saturated heterocycles. The van der Waals surface area contributed by atoms with Gasteiger partial charge >= 0.3 is 0 Å². The lowest BCUT2D eigenvalue weighted by Crippen LogP contribution is -2.29. The molecule has 2 rings (SSSR count). The molecule has 0 fully saturated rings. The van der Waals surface area contributed by atoms with E-state index in [9.17, 15) is 0 Å². The summed E-state index contributed by atoms with van der Waals surface area (Å²) in [6.07, 6.45) is 0.843. The average molecular weight is 275 g/mol. The van der Waals surface area contributed by atoms with Crippen molar-refractivity contribution in [2.45, 2.75) is 26.3 Å². The van der Waals surface area contributed by atoms with E-state index in [4.69, 9.17) is 17.4 Å². The van der Waals surface area contributed by atoms with Crippen LogP contribution in [0.2, 0.25) is 5.02 Å². The van der Waals surface area contributed by atoms with E-state index in [1.807, 2.05) is 24.3 Å². The van der Waals surface area contributed by atoms with Crippen molar-refractivity contribution in [2.24, 2.45) is 5.84 Å². The molecule has 0 aromatic heterocycles. The zero-order valence-electron chi connectivity index (χ0n) is 11.3. The molecule has 0 radical (unpaired) electrons. The Kier molecular flexibility index (Phi) is 4.59. The van der Waals surface area contributed by atoms with Crippen molar-refractivity contribution >= 4 is 11.6 Å². The maximum atomic E-state index is 5.90. The van der Waals surface area contributed by atoms with Crippen molar-refractivity contribution in [1.82, 2.24) is 5.43 Å². The van der Waals surface area contributed by atoms with E-state index in [0.29, 0.717) is 0 Å². The number of nitrogens with two attached hydrogens (primary N) is 1. The van der Waals surface area contributed by atoms with Gasteiger partial charge in [0, 0.05) is 11.1 Å². The second-order valence-corrected chi connectivity index (χ2v) is 5.33. The molecule has 0 aliphatic rings. The van der Waals surface area contributed by atoms with Crippen molar-refractivity contribution in [3.8, 4) is 0 Å². The summed E-state index contributed by atoms with van der Waals surface area (Å²) in [5, 5.41) is 0.757. The van der Waals surface area contributed by atoms with Gasteiger partial charge in [-0.2, -0.15) is 0 Å². The molecule has 0 amide bonds. The standard InChI is InChI=1S/C16H19ClN2/c1-11-3-6-14(9-12(11)2)16(19-18)10-13-4-7-15(17)8-5-13/h3-9,16,19H,10,18H2,1-2H3. The zero-order chi connectivity index (χ0) is 13.8. The minimum absolute atomic E-state index is 0.112. The topological polar surface area (TPSA) is 38.0 Å². The van der Waals surface area contributed by atoms with Crippen LogP contribution in [0.1, 0.15) is 28.3 Å². The molecule has 0 saturated carbocycles. The molecule has 0 aliphatic heterocycles. The van der Waals surface area contributed by atoms with Gasteiger partial charge in [0.2, 0.25) is 0 Å². The lowest BCUT2D eigenvalue weighted by Gasteiger charge is -2.17. The van der Waals surface area contributed by atoms with Crippen LogP contribution in [-0.2, 0) is 6.42 Å². The highest BCUT2D eigenvalue weighted by Gasteiger charge is 2.11. The Morgan fingerprint density at radius 3 is 2.32 bits per heavy atom. The molecule has 2 aromatic rings. The fraction of sp³-hybridized carbons (Fsp3) is 0.250. The molecule has 100 valence electrons. The fourth-order valence-electron chi connectivity index (χ4n) is 2.11. The maximum absolute atomic E-state index is 5.90. The highest BCUT2D eigenvalue weighted by Crippen LogP contribution is 2.21. The van der Waals surface area contributed by atoms with Gasteiger partial charge < -0.3 is 0 Å². The Morgan fingerprint density at radius 2 is 1.74 bits per heavy atom. The van der Waals surface area contributed by atoms with Gasteiger partial charge in [0.1, 0.15) is 0 Å². The Bertz CT molecular complexity index is 549. The highest BCUT2D eigenvalue weighted by molar-refractivity contribution is 6.30. The van der Waals surface area contributed by atoms with Gasteiger partial charge in [-0.1, -0.05) is 41.9 Å². The molecule has 0 spiro atoms. The fourth-order valence-corrected chi connectivity index (χ4v) is 2.24. The van der Waals surface area contributed by atoms with E-state index in [0.717, 1.165) is 11.4 Å². The number of hydrogen-bond donors (Lipinski definition) is 2. The number of aryl methyl sites for hydroxylation is 2. The first-order valence-electron chi connectivity index (χ1n) is 6.38. The first kappa shape index (κ1) is 14.1. The number of hydrazine groups is 1. The van der Waals surface area contributed by atoms with Crippen LogP contribution in [0.4, 0.5) is 0 Å². The van der Waals surface area contributed by atoms with Gasteiger partial charge in [-0.05, 0) is 54.7 Å². The van der Waals surface area contributed by atoms with Crippen molar-refractivity contribution in [3.63, 3.8) is 0 Å². The normalized spacial score (nSPS) is 12.4. The lowest BCUT2D eigenvalue weighted by molar-refractivity contribution is 0.551. The predicted molar refractivity (Wildman–Crippen MR) is 81.1 cm³/mol. The summed E-state index contributed by atoms with van der Waals surface area (Å²) in [5.74, 6) is 5.69. The molecule has 19 heavy (non-hydrogen) atoms. The van der Waals surface area contributed by atoms with Crippen LogP contribution in [-0.4, -0.2) is 0 Å². The molecule has 1 atom stereocenters. The van der Waals surface area contributed by atoms with Gasteiger partial charge in [-0.3, -0.25) is 11.3 Å². The molecule has 2 nitrogen and oxygen atoms in total. The van der Waals surface area contributed by atoms with Crippen LogP contribution in [0.25, 0.3) is 0 Å². The third-order valence-corrected chi connectivity index (χ3v) is 3.74. The number of rotatable bonds is 4. The van der Waals surface area contributed by atoms with E-state index in [1.54, 1.807) is 0 Å². The van der Waals surface area contributed by atoms with Crippen molar-refractivity contribution in [1.29, 1.82) is 0 Å². The first-order chi connectivity index (χ1) is 9.10. The summed E-state index contributed by atoms with van der Waals surface area (Å²) in [5.41, 5.74) is 7.90. The van der Waals surface area contributed by atoms with Crippen LogP contribution >= 0.6 is 11.6 Å². The smallest absolute Gasteiger partial charge is 0.0500 e. The Balaban J connectivity index is 2.19. The van der Waals surface area contributed by atoms with Crippen molar-refractivity contribution in [3.05, 3.63) is 69.7 Å². The van der Waals surface area contributed by atoms with Gasteiger partial charge in [-0.15, -0.1) is 0 Å². The number of hydrogen-bond acceptors (Lipinski definition) is 2. The molecule has 0 bridgehead atoms. The van der Waals surface area contributed by atoms with E-state index in [-0.39, 0.29) is 6.04 Å². The maximum Gasteiger partial charge on any atom is 0.0500 e. The monoisotopic (exact) mass is 274 g/mol. The summed E-state index contributed by atoms with van der Waals surface area (Å²) in [7, 11) is 0. The van der Waals surface area contributed by atoms with Crippen LogP contribution in [0.3, 0.4) is 0 Å². The Morgan fingerprint density at radius 1 is 1.05 bits per heavy atom. The Hall–Kier alpha value is -1.35. The molecule has 2 aromatic carbocycles. The molecule has 3 N–H and O–H groups in total. The number of benzene rings is 2. The van der Waals surface area contributed by atoms with Crippen molar-refractivity contribution < 1.29 is 0 Å². The largest absolute Gasteiger partial charge is 0.271 e. The molecular weight excluding hydrogens is 256 g/mol. The van der Waals surface area contributed by atoms with Gasteiger partial charge in [0.25, 0.3) is 0 Å². The molecule has 1 unspecified atom stereocenters. The lowest BCUT2D eigenvalue weighted by atomic mass is 9.96. The van der Waals surface area contributed by atoms with Crippen LogP contribution in [0, 0.1) is 13.8 Å². The number of nitrogens with one attached hydrogen (secondary N) is 1. The Labute approximate surface area is 119 Å². The summed E-state index contributed by atoms with van der Waals surface area (Å²) >= 11 is 5.90. The van der Waals surface area contributed by atoms with Crippen molar-refractivity contribution in [2.75, 3.05) is 0 Å². The van der Waals surface area contributed by atoms with Crippen LogP contribution < -0.4 is 11.3 Å². The van der Waals surface area contributed by atoms with Gasteiger partial charge in [0.15, 0.2) is 0 Å². The van der Waals surface area contributed by atoms with E-state index >= 15 is 0 Å². The predicted octanol–water partition coefficient (Wildman–Crippen LogP) is 3.70. The highest BCUT2D eigenvalue weighted by atomic mass is 35.5. The van der Waals surface area contributed by atoms with E-state index in [2.05, 4.69) is 37.5 Å². The van der Waals surface area contributed by atoms with Gasteiger partial charge in [-0.25, -0.2) is 0 Å². The minimum Gasteiger partial charge on any atom is -0.271 e. The minimum atomic E-state index is 0.112. The average Bonchev–Trinajstić information content (AvgIpc) is 2.41.